The van der Waals surface area contributed by atoms with Gasteiger partial charge in [0, 0.05) is 46.2 Å². The zero-order chi connectivity index (χ0) is 19.7. The van der Waals surface area contributed by atoms with E-state index < -0.39 is 0 Å². The molecule has 1 fully saturated rings. The number of aryl methyl sites for hydroxylation is 3. The Hall–Kier alpha value is -2.74. The molecule has 148 valence electrons. The van der Waals surface area contributed by atoms with Crippen molar-refractivity contribution >= 4 is 16.9 Å². The summed E-state index contributed by atoms with van der Waals surface area (Å²) in [6.07, 6.45) is 2.22. The maximum Gasteiger partial charge on any atom is 0.224 e. The Labute approximate surface area is 163 Å². The third kappa shape index (κ3) is 3.77. The second-order valence-corrected chi connectivity index (χ2v) is 7.35. The first kappa shape index (κ1) is 18.6. The molecule has 3 heterocycles. The first-order chi connectivity index (χ1) is 13.5. The molecule has 0 N–H and O–H groups in total. The van der Waals surface area contributed by atoms with Gasteiger partial charge < -0.3 is 4.90 Å². The van der Waals surface area contributed by atoms with Crippen molar-refractivity contribution in [3.8, 4) is 0 Å². The van der Waals surface area contributed by atoms with Crippen LogP contribution in [0.25, 0.3) is 11.0 Å². The van der Waals surface area contributed by atoms with Crippen molar-refractivity contribution < 1.29 is 9.18 Å². The van der Waals surface area contributed by atoms with Crippen molar-refractivity contribution in [2.24, 2.45) is 7.05 Å². The first-order valence-electron chi connectivity index (χ1n) is 9.61. The lowest BCUT2D eigenvalue weighted by molar-refractivity contribution is -0.133. The highest BCUT2D eigenvalue weighted by molar-refractivity contribution is 5.78. The van der Waals surface area contributed by atoms with Crippen molar-refractivity contribution in [3.63, 3.8) is 0 Å². The fourth-order valence-electron chi connectivity index (χ4n) is 3.89. The lowest BCUT2D eigenvalue weighted by atomic mass is 10.2. The van der Waals surface area contributed by atoms with Gasteiger partial charge in [0.1, 0.15) is 16.9 Å². The summed E-state index contributed by atoms with van der Waals surface area (Å²) in [6.45, 7) is 6.24. The fraction of sp³-hybridized carbons (Fsp3) is 0.450. The van der Waals surface area contributed by atoms with Gasteiger partial charge in [-0.1, -0.05) is 12.1 Å². The molecule has 0 radical (unpaired) electrons. The van der Waals surface area contributed by atoms with Crippen LogP contribution in [0.2, 0.25) is 0 Å². The van der Waals surface area contributed by atoms with E-state index in [1.807, 2.05) is 34.3 Å². The van der Waals surface area contributed by atoms with Crippen molar-refractivity contribution in [1.82, 2.24) is 29.4 Å². The van der Waals surface area contributed by atoms with Gasteiger partial charge in [-0.05, 0) is 24.6 Å². The summed E-state index contributed by atoms with van der Waals surface area (Å²) in [4.78, 5) is 16.8. The fourth-order valence-corrected chi connectivity index (χ4v) is 3.89. The van der Waals surface area contributed by atoms with E-state index in [9.17, 15) is 9.18 Å². The molecular weight excluding hydrogens is 359 g/mol. The van der Waals surface area contributed by atoms with Crippen LogP contribution >= 0.6 is 0 Å². The molecule has 1 amide bonds. The number of fused-ring (bicyclic) bond motifs is 1. The van der Waals surface area contributed by atoms with Gasteiger partial charge in [0.2, 0.25) is 5.91 Å². The van der Waals surface area contributed by atoms with Gasteiger partial charge in [-0.15, -0.1) is 0 Å². The van der Waals surface area contributed by atoms with Crippen LogP contribution in [0.5, 0.6) is 0 Å². The summed E-state index contributed by atoms with van der Waals surface area (Å²) in [6, 6.07) is 6.70. The number of hydrogen-bond donors (Lipinski definition) is 0. The number of aromatic nitrogens is 4. The summed E-state index contributed by atoms with van der Waals surface area (Å²) >= 11 is 0. The van der Waals surface area contributed by atoms with Crippen LogP contribution in [0, 0.1) is 12.7 Å². The number of piperazine rings is 1. The minimum atomic E-state index is -0.206. The van der Waals surface area contributed by atoms with Gasteiger partial charge in [-0.25, -0.2) is 4.39 Å². The third-order valence-corrected chi connectivity index (χ3v) is 5.37. The van der Waals surface area contributed by atoms with Crippen molar-refractivity contribution in [1.29, 1.82) is 0 Å². The predicted octanol–water partition coefficient (Wildman–Crippen LogP) is 1.95. The molecule has 1 aromatic carbocycles. The van der Waals surface area contributed by atoms with Gasteiger partial charge in [-0.3, -0.25) is 19.1 Å². The van der Waals surface area contributed by atoms with E-state index in [-0.39, 0.29) is 11.7 Å². The zero-order valence-electron chi connectivity index (χ0n) is 16.3. The molecule has 4 rings (SSSR count). The maximum absolute atomic E-state index is 13.3. The van der Waals surface area contributed by atoms with Crippen LogP contribution < -0.4 is 0 Å². The van der Waals surface area contributed by atoms with E-state index in [0.717, 1.165) is 35.4 Å². The molecular formula is C20H25FN6O. The van der Waals surface area contributed by atoms with E-state index in [4.69, 9.17) is 0 Å². The van der Waals surface area contributed by atoms with Crippen LogP contribution in [0.4, 0.5) is 4.39 Å². The highest BCUT2D eigenvalue weighted by atomic mass is 19.1. The molecule has 0 spiro atoms. The van der Waals surface area contributed by atoms with Crippen molar-refractivity contribution in [2.45, 2.75) is 26.4 Å². The average molecular weight is 384 g/mol. The molecule has 3 aromatic rings. The number of benzene rings is 1. The zero-order valence-corrected chi connectivity index (χ0v) is 16.3. The van der Waals surface area contributed by atoms with Gasteiger partial charge >= 0.3 is 0 Å². The van der Waals surface area contributed by atoms with Crippen LogP contribution in [0.15, 0.2) is 30.5 Å². The molecule has 0 unspecified atom stereocenters. The SMILES string of the molecule is Cc1nn(C)c2cnn(CCC(=O)N3CCN(Cc4cccc(F)c4)CC3)c12. The molecule has 0 atom stereocenters. The topological polar surface area (TPSA) is 59.2 Å². The number of carbonyl (C=O) groups excluding carboxylic acids is 1. The molecule has 1 aliphatic rings. The molecule has 0 saturated carbocycles. The highest BCUT2D eigenvalue weighted by Gasteiger charge is 2.21. The number of nitrogens with zero attached hydrogens (tertiary/aromatic N) is 6. The Bertz CT molecular complexity index is 986. The number of hydrogen-bond acceptors (Lipinski definition) is 4. The Morgan fingerprint density at radius 3 is 2.75 bits per heavy atom. The van der Waals surface area contributed by atoms with Crippen molar-refractivity contribution in [2.75, 3.05) is 26.2 Å². The Kier molecular flexibility index (Phi) is 5.13. The standard InChI is InChI=1S/C20H25FN6O/c1-15-20-18(24(2)23-15)13-22-27(20)7-6-19(28)26-10-8-25(9-11-26)14-16-4-3-5-17(21)12-16/h3-5,12-13H,6-11,14H2,1-2H3. The van der Waals surface area contributed by atoms with Gasteiger partial charge in [0.25, 0.3) is 0 Å². The molecule has 28 heavy (non-hydrogen) atoms. The molecule has 8 heteroatoms. The lowest BCUT2D eigenvalue weighted by Crippen LogP contribution is -2.48. The Morgan fingerprint density at radius 1 is 1.21 bits per heavy atom. The predicted molar refractivity (Wildman–Crippen MR) is 104 cm³/mol. The molecule has 0 bridgehead atoms. The summed E-state index contributed by atoms with van der Waals surface area (Å²) in [7, 11) is 1.90. The van der Waals surface area contributed by atoms with Crippen LogP contribution in [0.3, 0.4) is 0 Å². The summed E-state index contributed by atoms with van der Waals surface area (Å²) in [5, 5.41) is 8.81. The van der Waals surface area contributed by atoms with Crippen LogP contribution in [-0.4, -0.2) is 61.4 Å². The van der Waals surface area contributed by atoms with Gasteiger partial charge in [0.05, 0.1) is 18.4 Å². The molecule has 0 aliphatic carbocycles. The van der Waals surface area contributed by atoms with E-state index in [2.05, 4.69) is 15.1 Å². The second-order valence-electron chi connectivity index (χ2n) is 7.35. The quantitative estimate of drug-likeness (QED) is 0.675. The van der Waals surface area contributed by atoms with Crippen LogP contribution in [0.1, 0.15) is 17.7 Å². The van der Waals surface area contributed by atoms with Crippen LogP contribution in [-0.2, 0) is 24.9 Å². The highest BCUT2D eigenvalue weighted by Crippen LogP contribution is 2.17. The normalized spacial score (nSPS) is 15.5. The molecule has 2 aromatic heterocycles. The maximum atomic E-state index is 13.3. The average Bonchev–Trinajstić information content (AvgIpc) is 3.22. The number of amides is 1. The molecule has 1 aliphatic heterocycles. The summed E-state index contributed by atoms with van der Waals surface area (Å²) in [5.41, 5.74) is 3.87. The summed E-state index contributed by atoms with van der Waals surface area (Å²) in [5.74, 6) is -0.0569. The lowest BCUT2D eigenvalue weighted by Gasteiger charge is -2.34. The smallest absolute Gasteiger partial charge is 0.224 e. The van der Waals surface area contributed by atoms with Gasteiger partial charge in [0.15, 0.2) is 0 Å². The first-order valence-corrected chi connectivity index (χ1v) is 9.61. The van der Waals surface area contributed by atoms with Gasteiger partial charge in [-0.2, -0.15) is 10.2 Å². The van der Waals surface area contributed by atoms with E-state index >= 15 is 0 Å². The second kappa shape index (κ2) is 7.71. The molecule has 1 saturated heterocycles. The third-order valence-electron chi connectivity index (χ3n) is 5.37. The number of carbonyl (C=O) groups is 1. The summed E-state index contributed by atoms with van der Waals surface area (Å²) < 4.78 is 17.0. The van der Waals surface area contributed by atoms with E-state index in [1.54, 1.807) is 18.3 Å². The van der Waals surface area contributed by atoms with E-state index in [1.165, 1.54) is 6.07 Å². The Morgan fingerprint density at radius 2 is 2.00 bits per heavy atom. The van der Waals surface area contributed by atoms with E-state index in [0.29, 0.717) is 32.6 Å². The number of rotatable bonds is 5. The largest absolute Gasteiger partial charge is 0.340 e. The Balaban J connectivity index is 1.29. The monoisotopic (exact) mass is 384 g/mol. The minimum Gasteiger partial charge on any atom is -0.340 e. The van der Waals surface area contributed by atoms with Crippen molar-refractivity contribution in [3.05, 3.63) is 47.5 Å². The number of halogens is 1. The minimum absolute atomic E-state index is 0.149. The molecule has 7 nitrogen and oxygen atoms in total.